The zero-order chi connectivity index (χ0) is 14.5. The van der Waals surface area contributed by atoms with E-state index >= 15 is 0 Å². The second-order valence-corrected chi connectivity index (χ2v) is 5.10. The summed E-state index contributed by atoms with van der Waals surface area (Å²) in [5.41, 5.74) is 2.16. The van der Waals surface area contributed by atoms with Crippen molar-refractivity contribution in [2.24, 2.45) is 5.92 Å². The van der Waals surface area contributed by atoms with Gasteiger partial charge in [0.1, 0.15) is 0 Å². The standard InChI is InChI=1S/C16H21N3O/c1-4-12(2)16(20)18-13(3)14-5-7-15(8-6-14)19-10-9-17-11-19/h5-13H,4H2,1-3H3,(H,18,20). The fourth-order valence-corrected chi connectivity index (χ4v) is 1.97. The largest absolute Gasteiger partial charge is 0.349 e. The minimum atomic E-state index is 0.0216. The number of rotatable bonds is 5. The molecule has 20 heavy (non-hydrogen) atoms. The lowest BCUT2D eigenvalue weighted by atomic mass is 10.0. The van der Waals surface area contributed by atoms with Crippen LogP contribution in [0, 0.1) is 5.92 Å². The maximum atomic E-state index is 11.9. The van der Waals surface area contributed by atoms with Crippen molar-refractivity contribution >= 4 is 5.91 Å². The van der Waals surface area contributed by atoms with Crippen molar-refractivity contribution in [3.8, 4) is 5.69 Å². The highest BCUT2D eigenvalue weighted by Crippen LogP contribution is 2.16. The Morgan fingerprint density at radius 1 is 1.30 bits per heavy atom. The van der Waals surface area contributed by atoms with Crippen LogP contribution < -0.4 is 5.32 Å². The van der Waals surface area contributed by atoms with E-state index in [1.54, 1.807) is 12.5 Å². The van der Waals surface area contributed by atoms with Gasteiger partial charge in [0, 0.05) is 24.0 Å². The van der Waals surface area contributed by atoms with Crippen LogP contribution in [-0.2, 0) is 4.79 Å². The van der Waals surface area contributed by atoms with Crippen LogP contribution in [0.25, 0.3) is 5.69 Å². The SMILES string of the molecule is CCC(C)C(=O)NC(C)c1ccc(-n2ccnc2)cc1. The van der Waals surface area contributed by atoms with Gasteiger partial charge in [0.25, 0.3) is 0 Å². The van der Waals surface area contributed by atoms with Gasteiger partial charge in [0.2, 0.25) is 5.91 Å². The monoisotopic (exact) mass is 271 g/mol. The predicted molar refractivity (Wildman–Crippen MR) is 79.6 cm³/mol. The van der Waals surface area contributed by atoms with Crippen molar-refractivity contribution in [2.75, 3.05) is 0 Å². The molecule has 1 aromatic carbocycles. The minimum Gasteiger partial charge on any atom is -0.349 e. The van der Waals surface area contributed by atoms with Gasteiger partial charge in [-0.1, -0.05) is 26.0 Å². The Morgan fingerprint density at radius 2 is 2.00 bits per heavy atom. The third-order valence-corrected chi connectivity index (χ3v) is 3.61. The van der Waals surface area contributed by atoms with E-state index in [4.69, 9.17) is 0 Å². The molecule has 0 bridgehead atoms. The maximum Gasteiger partial charge on any atom is 0.223 e. The van der Waals surface area contributed by atoms with Crippen molar-refractivity contribution in [3.63, 3.8) is 0 Å². The molecule has 0 aliphatic carbocycles. The molecule has 0 saturated heterocycles. The van der Waals surface area contributed by atoms with Gasteiger partial charge in [-0.2, -0.15) is 0 Å². The maximum absolute atomic E-state index is 11.9. The lowest BCUT2D eigenvalue weighted by molar-refractivity contribution is -0.125. The molecule has 4 heteroatoms. The highest BCUT2D eigenvalue weighted by atomic mass is 16.1. The molecular formula is C16H21N3O. The second-order valence-electron chi connectivity index (χ2n) is 5.10. The molecule has 1 aromatic heterocycles. The first-order valence-electron chi connectivity index (χ1n) is 7.00. The average molecular weight is 271 g/mol. The van der Waals surface area contributed by atoms with Crippen LogP contribution in [0.15, 0.2) is 43.0 Å². The summed E-state index contributed by atoms with van der Waals surface area (Å²) >= 11 is 0. The van der Waals surface area contributed by atoms with E-state index in [0.29, 0.717) is 0 Å². The number of carbonyl (C=O) groups excluding carboxylic acids is 1. The number of hydrogen-bond donors (Lipinski definition) is 1. The topological polar surface area (TPSA) is 46.9 Å². The number of hydrogen-bond acceptors (Lipinski definition) is 2. The van der Waals surface area contributed by atoms with Crippen LogP contribution in [0.2, 0.25) is 0 Å². The molecule has 1 heterocycles. The zero-order valence-electron chi connectivity index (χ0n) is 12.2. The number of imidazole rings is 1. The quantitative estimate of drug-likeness (QED) is 0.908. The van der Waals surface area contributed by atoms with Crippen molar-refractivity contribution in [2.45, 2.75) is 33.2 Å². The molecule has 0 saturated carbocycles. The molecular weight excluding hydrogens is 250 g/mol. The van der Waals surface area contributed by atoms with E-state index in [-0.39, 0.29) is 17.9 Å². The van der Waals surface area contributed by atoms with Gasteiger partial charge in [-0.15, -0.1) is 0 Å². The highest BCUT2D eigenvalue weighted by molar-refractivity contribution is 5.78. The highest BCUT2D eigenvalue weighted by Gasteiger charge is 2.14. The van der Waals surface area contributed by atoms with Crippen LogP contribution >= 0.6 is 0 Å². The van der Waals surface area contributed by atoms with E-state index in [1.807, 2.05) is 55.8 Å². The zero-order valence-corrected chi connectivity index (χ0v) is 12.2. The number of benzene rings is 1. The van der Waals surface area contributed by atoms with E-state index in [1.165, 1.54) is 0 Å². The van der Waals surface area contributed by atoms with Gasteiger partial charge in [-0.3, -0.25) is 4.79 Å². The number of aromatic nitrogens is 2. The fourth-order valence-electron chi connectivity index (χ4n) is 1.97. The summed E-state index contributed by atoms with van der Waals surface area (Å²) in [5, 5.41) is 3.04. The van der Waals surface area contributed by atoms with Crippen molar-refractivity contribution in [1.82, 2.24) is 14.9 Å². The van der Waals surface area contributed by atoms with Crippen LogP contribution in [0.1, 0.15) is 38.8 Å². The minimum absolute atomic E-state index is 0.0216. The summed E-state index contributed by atoms with van der Waals surface area (Å²) in [6.07, 6.45) is 6.29. The molecule has 0 aliphatic heterocycles. The lowest BCUT2D eigenvalue weighted by Gasteiger charge is -2.17. The molecule has 0 spiro atoms. The lowest BCUT2D eigenvalue weighted by Crippen LogP contribution is -2.31. The first-order chi connectivity index (χ1) is 9.61. The van der Waals surface area contributed by atoms with Crippen molar-refractivity contribution < 1.29 is 4.79 Å². The molecule has 2 rings (SSSR count). The molecule has 0 radical (unpaired) electrons. The molecule has 1 amide bonds. The predicted octanol–water partition coefficient (Wildman–Crippen LogP) is 3.10. The third-order valence-electron chi connectivity index (χ3n) is 3.61. The summed E-state index contributed by atoms with van der Waals surface area (Å²) in [4.78, 5) is 15.9. The Morgan fingerprint density at radius 3 is 2.55 bits per heavy atom. The molecule has 4 nitrogen and oxygen atoms in total. The van der Waals surface area contributed by atoms with Gasteiger partial charge in [-0.05, 0) is 31.0 Å². The van der Waals surface area contributed by atoms with Gasteiger partial charge in [0.15, 0.2) is 0 Å². The first kappa shape index (κ1) is 14.3. The molecule has 2 atom stereocenters. The van der Waals surface area contributed by atoms with Gasteiger partial charge in [-0.25, -0.2) is 4.98 Å². The normalized spacial score (nSPS) is 13.8. The van der Waals surface area contributed by atoms with Gasteiger partial charge in [0.05, 0.1) is 12.4 Å². The molecule has 1 N–H and O–H groups in total. The molecule has 0 aliphatic rings. The summed E-state index contributed by atoms with van der Waals surface area (Å²) < 4.78 is 1.95. The number of carbonyl (C=O) groups is 1. The van der Waals surface area contributed by atoms with Crippen LogP contribution in [0.5, 0.6) is 0 Å². The number of nitrogens with one attached hydrogen (secondary N) is 1. The molecule has 0 fully saturated rings. The number of nitrogens with zero attached hydrogens (tertiary/aromatic N) is 2. The van der Waals surface area contributed by atoms with E-state index in [9.17, 15) is 4.79 Å². The Bertz CT molecular complexity index is 546. The fraction of sp³-hybridized carbons (Fsp3) is 0.375. The summed E-state index contributed by atoms with van der Waals surface area (Å²) in [6, 6.07) is 8.16. The van der Waals surface area contributed by atoms with E-state index < -0.39 is 0 Å². The Balaban J connectivity index is 2.04. The summed E-state index contributed by atoms with van der Waals surface area (Å²) in [7, 11) is 0. The summed E-state index contributed by atoms with van der Waals surface area (Å²) in [5.74, 6) is 0.168. The smallest absolute Gasteiger partial charge is 0.223 e. The molecule has 106 valence electrons. The van der Waals surface area contributed by atoms with Crippen molar-refractivity contribution in [3.05, 3.63) is 48.5 Å². The molecule has 2 aromatic rings. The van der Waals surface area contributed by atoms with Crippen LogP contribution in [-0.4, -0.2) is 15.5 Å². The summed E-state index contributed by atoms with van der Waals surface area (Å²) in [6.45, 7) is 5.98. The van der Waals surface area contributed by atoms with Crippen LogP contribution in [0.4, 0.5) is 0 Å². The Labute approximate surface area is 119 Å². The van der Waals surface area contributed by atoms with E-state index in [2.05, 4.69) is 10.3 Å². The van der Waals surface area contributed by atoms with Gasteiger partial charge >= 0.3 is 0 Å². The Hall–Kier alpha value is -2.10. The van der Waals surface area contributed by atoms with Gasteiger partial charge < -0.3 is 9.88 Å². The first-order valence-corrected chi connectivity index (χ1v) is 7.00. The van der Waals surface area contributed by atoms with Crippen LogP contribution in [0.3, 0.4) is 0 Å². The third kappa shape index (κ3) is 3.26. The average Bonchev–Trinajstić information content (AvgIpc) is 3.00. The second kappa shape index (κ2) is 6.37. The number of amides is 1. The van der Waals surface area contributed by atoms with E-state index in [0.717, 1.165) is 17.7 Å². The Kier molecular flexibility index (Phi) is 4.56. The molecule has 2 unspecified atom stereocenters. The van der Waals surface area contributed by atoms with Crippen molar-refractivity contribution in [1.29, 1.82) is 0 Å².